The number of phosphoric acid groups is 2. The first kappa shape index (κ1) is 37.7. The van der Waals surface area contributed by atoms with Gasteiger partial charge in [0.15, 0.2) is 29.7 Å². The number of primary amides is 1. The Morgan fingerprint density at radius 1 is 0.962 bits per heavy atom. The number of rotatable bonds is 13. The van der Waals surface area contributed by atoms with Crippen molar-refractivity contribution in [2.45, 2.75) is 49.1 Å². The molecule has 52 heavy (non-hydrogen) atoms. The molecule has 11 atom stereocenters. The molecule has 0 spiro atoms. The molecule has 3 unspecified atom stereocenters. The summed E-state index contributed by atoms with van der Waals surface area (Å²) in [5.41, 5.74) is 11.6. The van der Waals surface area contributed by atoms with E-state index in [2.05, 4.69) is 24.2 Å². The van der Waals surface area contributed by atoms with Crippen molar-refractivity contribution >= 4 is 44.3 Å². The van der Waals surface area contributed by atoms with Gasteiger partial charge in [-0.15, -0.1) is 0 Å². The van der Waals surface area contributed by atoms with Crippen molar-refractivity contribution in [3.8, 4) is 0 Å². The number of hydrogen-bond acceptors (Lipinski definition) is 19. The zero-order valence-corrected chi connectivity index (χ0v) is 28.2. The van der Waals surface area contributed by atoms with Gasteiger partial charge < -0.3 is 56.1 Å². The highest BCUT2D eigenvalue weighted by Gasteiger charge is 2.51. The van der Waals surface area contributed by atoms with Gasteiger partial charge in [-0.1, -0.05) is 6.08 Å². The highest BCUT2D eigenvalue weighted by Crippen LogP contribution is 2.62. The summed E-state index contributed by atoms with van der Waals surface area (Å²) in [4.78, 5) is 62.7. The lowest BCUT2D eigenvalue weighted by atomic mass is 9.89. The Labute approximate surface area is 291 Å². The Balaban J connectivity index is 1.08. The van der Waals surface area contributed by atoms with Gasteiger partial charge in [0.25, 0.3) is 0 Å². The normalized spacial score (nSPS) is 31.3. The Kier molecular flexibility index (Phi) is 10.7. The molecular formula is C27H32N8O15P2. The maximum Gasteiger partial charge on any atom is 0.481 e. The van der Waals surface area contributed by atoms with Crippen LogP contribution in [0.15, 0.2) is 61.2 Å². The highest BCUT2D eigenvalue weighted by atomic mass is 31.3. The second kappa shape index (κ2) is 14.8. The molecule has 0 aliphatic carbocycles. The fourth-order valence-electron chi connectivity index (χ4n) is 5.76. The van der Waals surface area contributed by atoms with E-state index < -0.39 is 95.5 Å². The SMILES string of the molecule is NC(=O)C1=CN([C@@H]2O[C@H](COP(=O)(O)OP(=O)(O)O[C@H]3[C@@H](O)[C@H](n4cnc5c(N)ncnc54)O[C@@H]3CO)[C@@H](O)[C@H]2O)C=CC1C(=O)c1ccncc1. The second-order valence-corrected chi connectivity index (χ2v) is 14.6. The fourth-order valence-corrected chi connectivity index (χ4v) is 8.05. The van der Waals surface area contributed by atoms with E-state index in [0.29, 0.717) is 0 Å². The van der Waals surface area contributed by atoms with Gasteiger partial charge in [0.05, 0.1) is 25.5 Å². The van der Waals surface area contributed by atoms with Crippen LogP contribution in [0.25, 0.3) is 11.2 Å². The molecule has 3 aromatic rings. The van der Waals surface area contributed by atoms with Crippen LogP contribution >= 0.6 is 15.6 Å². The summed E-state index contributed by atoms with van der Waals surface area (Å²) in [6.45, 7) is -1.84. The van der Waals surface area contributed by atoms with Crippen LogP contribution in [0, 0.1) is 5.92 Å². The van der Waals surface area contributed by atoms with Crippen molar-refractivity contribution in [1.29, 1.82) is 0 Å². The summed E-state index contributed by atoms with van der Waals surface area (Å²) in [5.74, 6) is -2.52. The number of carbonyl (C=O) groups is 2. The largest absolute Gasteiger partial charge is 0.481 e. The smallest absolute Gasteiger partial charge is 0.394 e. The Morgan fingerprint density at radius 2 is 1.67 bits per heavy atom. The molecule has 10 N–H and O–H groups in total. The van der Waals surface area contributed by atoms with Gasteiger partial charge in [0.2, 0.25) is 5.91 Å². The number of aromatic nitrogens is 5. The zero-order valence-electron chi connectivity index (χ0n) is 26.4. The highest BCUT2D eigenvalue weighted by molar-refractivity contribution is 7.61. The molecule has 3 aliphatic rings. The first-order valence-electron chi connectivity index (χ1n) is 15.1. The summed E-state index contributed by atoms with van der Waals surface area (Å²) in [5, 5.41) is 42.0. The number of nitrogens with two attached hydrogens (primary N) is 2. The van der Waals surface area contributed by atoms with Gasteiger partial charge in [-0.2, -0.15) is 4.31 Å². The Morgan fingerprint density at radius 3 is 2.37 bits per heavy atom. The van der Waals surface area contributed by atoms with Crippen LogP contribution in [0.3, 0.4) is 0 Å². The van der Waals surface area contributed by atoms with Crippen molar-refractivity contribution < 1.29 is 71.8 Å². The maximum atomic E-state index is 13.0. The number of anilines is 1. The lowest BCUT2D eigenvalue weighted by Gasteiger charge is -2.31. The molecule has 1 amide bonds. The van der Waals surface area contributed by atoms with Crippen molar-refractivity contribution in [2.24, 2.45) is 11.7 Å². The first-order chi connectivity index (χ1) is 24.6. The molecule has 280 valence electrons. The third kappa shape index (κ3) is 7.54. The summed E-state index contributed by atoms with van der Waals surface area (Å²) in [6, 6.07) is 2.89. The number of amides is 1. The quantitative estimate of drug-likeness (QED) is 0.0676. The van der Waals surface area contributed by atoms with Gasteiger partial charge in [0.1, 0.15) is 48.5 Å². The Hall–Kier alpha value is -4.06. The molecule has 2 fully saturated rings. The van der Waals surface area contributed by atoms with E-state index in [-0.39, 0.29) is 28.1 Å². The molecule has 2 saturated heterocycles. The van der Waals surface area contributed by atoms with Gasteiger partial charge in [-0.05, 0) is 12.1 Å². The second-order valence-electron chi connectivity index (χ2n) is 11.6. The van der Waals surface area contributed by atoms with E-state index in [4.69, 9.17) is 30.0 Å². The predicted molar refractivity (Wildman–Crippen MR) is 169 cm³/mol. The number of Topliss-reactive ketones (excluding diaryl/α,β-unsaturated/α-hetero) is 1. The fraction of sp³-hybridized carbons (Fsp3) is 0.407. The van der Waals surface area contributed by atoms with E-state index in [1.165, 1.54) is 47.7 Å². The number of carbonyl (C=O) groups excluding carboxylic acids is 2. The van der Waals surface area contributed by atoms with Crippen LogP contribution in [0.1, 0.15) is 16.6 Å². The summed E-state index contributed by atoms with van der Waals surface area (Å²) in [6.07, 6.45) is -4.10. The molecule has 3 aromatic heterocycles. The molecule has 0 saturated carbocycles. The van der Waals surface area contributed by atoms with Gasteiger partial charge in [-0.25, -0.2) is 24.1 Å². The Bertz CT molecular complexity index is 1980. The average molecular weight is 771 g/mol. The molecule has 0 bridgehead atoms. The number of allylic oxidation sites excluding steroid dienone is 1. The molecule has 25 heteroatoms. The molecule has 3 aliphatic heterocycles. The van der Waals surface area contributed by atoms with Gasteiger partial charge >= 0.3 is 15.6 Å². The maximum absolute atomic E-state index is 13.0. The number of aliphatic hydroxyl groups excluding tert-OH is 4. The van der Waals surface area contributed by atoms with Crippen molar-refractivity contribution in [1.82, 2.24) is 29.4 Å². The standard InChI is InChI=1S/C27H32N8O15P2/c28-23-17-25(32-10-31-23)35(11-33-17)27-21(40)22(15(8-36)47-27)49-52(44,45)50-51(42,43)46-9-16-19(38)20(39)26(48-16)34-6-3-13(14(7-34)24(29)41)18(37)12-1-4-30-5-2-12/h1-7,10-11,13,15-16,19-22,26-27,36,38-40H,8-9H2,(H2,29,41)(H,42,43)(H,44,45)(H2,28,31,32)/t13?,15-,16-,19-,20-,21-,22-,26-,27-/m1/s1. The third-order valence-electron chi connectivity index (χ3n) is 8.25. The van der Waals surface area contributed by atoms with E-state index in [1.807, 2.05) is 0 Å². The van der Waals surface area contributed by atoms with Gasteiger partial charge in [-0.3, -0.25) is 28.2 Å². The van der Waals surface area contributed by atoms with Gasteiger partial charge in [0, 0.05) is 35.9 Å². The predicted octanol–water partition coefficient (Wildman–Crippen LogP) is -2.18. The molecule has 6 heterocycles. The molecular weight excluding hydrogens is 738 g/mol. The van der Waals surface area contributed by atoms with Crippen LogP contribution in [-0.4, -0.2) is 127 Å². The number of aliphatic hydroxyl groups is 4. The minimum absolute atomic E-state index is 0.0104. The van der Waals surface area contributed by atoms with Crippen LogP contribution in [0.5, 0.6) is 0 Å². The number of ketones is 1. The number of nitrogen functional groups attached to an aromatic ring is 1. The number of pyridine rings is 1. The number of fused-ring (bicyclic) bond motifs is 1. The van der Waals surface area contributed by atoms with E-state index in [1.54, 1.807) is 0 Å². The summed E-state index contributed by atoms with van der Waals surface area (Å²) >= 11 is 0. The summed E-state index contributed by atoms with van der Waals surface area (Å²) < 4.78 is 52.1. The minimum atomic E-state index is -5.60. The van der Waals surface area contributed by atoms with Crippen LogP contribution in [0.2, 0.25) is 0 Å². The minimum Gasteiger partial charge on any atom is -0.394 e. The lowest BCUT2D eigenvalue weighted by Crippen LogP contribution is -2.41. The van der Waals surface area contributed by atoms with Crippen LogP contribution in [0.4, 0.5) is 5.82 Å². The van der Waals surface area contributed by atoms with Crippen molar-refractivity contribution in [3.63, 3.8) is 0 Å². The topological polar surface area (TPSA) is 348 Å². The summed E-state index contributed by atoms with van der Waals surface area (Å²) in [7, 11) is -11.1. The zero-order chi connectivity index (χ0) is 37.5. The lowest BCUT2D eigenvalue weighted by molar-refractivity contribution is -0.115. The monoisotopic (exact) mass is 770 g/mol. The van der Waals surface area contributed by atoms with E-state index >= 15 is 0 Å². The number of phosphoric ester groups is 2. The molecule has 23 nitrogen and oxygen atoms in total. The molecule has 0 radical (unpaired) electrons. The number of imidazole rings is 1. The molecule has 6 rings (SSSR count). The van der Waals surface area contributed by atoms with Crippen molar-refractivity contribution in [2.75, 3.05) is 18.9 Å². The van der Waals surface area contributed by atoms with Crippen LogP contribution in [-0.2, 0) is 36.8 Å². The average Bonchev–Trinajstić information content (AvgIpc) is 3.76. The van der Waals surface area contributed by atoms with E-state index in [0.717, 1.165) is 17.4 Å². The first-order valence-corrected chi connectivity index (χ1v) is 18.1. The third-order valence-corrected chi connectivity index (χ3v) is 10.9. The number of ether oxygens (including phenoxy) is 2. The molecule has 0 aromatic carbocycles. The van der Waals surface area contributed by atoms with E-state index in [9.17, 15) is 48.9 Å². The number of nitrogens with zero attached hydrogens (tertiary/aromatic N) is 6. The number of hydrogen-bond donors (Lipinski definition) is 8. The van der Waals surface area contributed by atoms with Crippen molar-refractivity contribution in [3.05, 3.63) is 66.8 Å². The van der Waals surface area contributed by atoms with Crippen LogP contribution < -0.4 is 11.5 Å².